The molecule has 3 heterocycles. The Morgan fingerprint density at radius 3 is 2.81 bits per heavy atom. The van der Waals surface area contributed by atoms with Crippen molar-refractivity contribution in [2.45, 2.75) is 13.1 Å². The van der Waals surface area contributed by atoms with E-state index in [9.17, 15) is 4.79 Å². The molecule has 144 valence electrons. The van der Waals surface area contributed by atoms with Crippen molar-refractivity contribution in [2.24, 2.45) is 0 Å². The van der Waals surface area contributed by atoms with Gasteiger partial charge in [-0.05, 0) is 18.2 Å². The first-order valence-corrected chi connectivity index (χ1v) is 9.81. The average Bonchev–Trinajstić information content (AvgIpc) is 3.16. The molecule has 27 heavy (non-hydrogen) atoms. The van der Waals surface area contributed by atoms with Crippen LogP contribution in [-0.2, 0) is 13.1 Å². The van der Waals surface area contributed by atoms with Gasteiger partial charge >= 0.3 is 6.03 Å². The molecule has 7 nitrogen and oxygen atoms in total. The van der Waals surface area contributed by atoms with Crippen molar-refractivity contribution < 1.29 is 4.79 Å². The monoisotopic (exact) mass is 388 g/mol. The van der Waals surface area contributed by atoms with Crippen LogP contribution >= 0.6 is 11.6 Å². The molecule has 0 aliphatic carbocycles. The van der Waals surface area contributed by atoms with Crippen LogP contribution in [0.25, 0.3) is 0 Å². The van der Waals surface area contributed by atoms with Crippen LogP contribution in [0.1, 0.15) is 5.69 Å². The number of carbonyl (C=O) groups is 1. The number of hydrogen-bond acceptors (Lipinski definition) is 4. The highest BCUT2D eigenvalue weighted by Crippen LogP contribution is 2.20. The number of hydrogen-bond donors (Lipinski definition) is 1. The van der Waals surface area contributed by atoms with Crippen molar-refractivity contribution >= 4 is 23.3 Å². The van der Waals surface area contributed by atoms with Crippen LogP contribution in [0.3, 0.4) is 0 Å². The van der Waals surface area contributed by atoms with E-state index in [0.717, 1.165) is 56.5 Å². The van der Waals surface area contributed by atoms with Gasteiger partial charge in [-0.3, -0.25) is 4.90 Å². The van der Waals surface area contributed by atoms with Crippen molar-refractivity contribution in [3.05, 3.63) is 47.5 Å². The van der Waals surface area contributed by atoms with Gasteiger partial charge in [0.05, 0.1) is 18.6 Å². The summed E-state index contributed by atoms with van der Waals surface area (Å²) in [6, 6.07) is 8.03. The third kappa shape index (κ3) is 4.36. The molecule has 0 bridgehead atoms. The Hall–Kier alpha value is -2.25. The number of rotatable bonds is 4. The summed E-state index contributed by atoms with van der Waals surface area (Å²) in [5.74, 6) is 0. The highest BCUT2D eigenvalue weighted by atomic mass is 35.5. The van der Waals surface area contributed by atoms with Crippen molar-refractivity contribution in [3.63, 3.8) is 0 Å². The number of fused-ring (bicyclic) bond motifs is 1. The number of amides is 2. The number of carbonyl (C=O) groups excluding carboxylic acids is 1. The van der Waals surface area contributed by atoms with Gasteiger partial charge in [0.25, 0.3) is 0 Å². The van der Waals surface area contributed by atoms with Gasteiger partial charge < -0.3 is 19.7 Å². The van der Waals surface area contributed by atoms with E-state index in [0.29, 0.717) is 13.1 Å². The summed E-state index contributed by atoms with van der Waals surface area (Å²) in [5, 5.41) is 3.83. The number of aromatic nitrogens is 2. The fourth-order valence-corrected chi connectivity index (χ4v) is 3.88. The Bertz CT molecular complexity index is 786. The summed E-state index contributed by atoms with van der Waals surface area (Å²) in [4.78, 5) is 23.1. The van der Waals surface area contributed by atoms with E-state index in [4.69, 9.17) is 11.6 Å². The lowest BCUT2D eigenvalue weighted by molar-refractivity contribution is 0.180. The quantitative estimate of drug-likeness (QED) is 0.869. The Balaban J connectivity index is 1.18. The molecular formula is C19H25ClN6O. The van der Waals surface area contributed by atoms with E-state index in [2.05, 4.69) is 30.7 Å². The first kappa shape index (κ1) is 18.1. The number of nitrogens with one attached hydrogen (secondary N) is 1. The minimum absolute atomic E-state index is 0.0139. The zero-order valence-electron chi connectivity index (χ0n) is 15.4. The minimum atomic E-state index is 0.0139. The van der Waals surface area contributed by atoms with Crippen molar-refractivity contribution in [3.8, 4) is 0 Å². The minimum Gasteiger partial charge on any atom is -0.369 e. The standard InChI is InChI=1S/C19H25ClN6O/c20-16-2-1-3-17(12-16)24-8-6-23(7-9-24)5-4-22-19(27)25-10-11-26-15-21-13-18(26)14-25/h1-3,12-13,15H,4-11,14H2,(H,22,27). The molecule has 1 aromatic carbocycles. The van der Waals surface area contributed by atoms with E-state index in [1.807, 2.05) is 35.6 Å². The molecule has 0 unspecified atom stereocenters. The molecule has 0 radical (unpaired) electrons. The van der Waals surface area contributed by atoms with E-state index >= 15 is 0 Å². The zero-order valence-corrected chi connectivity index (χ0v) is 16.1. The van der Waals surface area contributed by atoms with Gasteiger partial charge in [0.1, 0.15) is 0 Å². The highest BCUT2D eigenvalue weighted by molar-refractivity contribution is 6.30. The van der Waals surface area contributed by atoms with Gasteiger partial charge in [-0.15, -0.1) is 0 Å². The van der Waals surface area contributed by atoms with Gasteiger partial charge in [-0.1, -0.05) is 17.7 Å². The lowest BCUT2D eigenvalue weighted by Gasteiger charge is -2.36. The van der Waals surface area contributed by atoms with Gasteiger partial charge in [0.15, 0.2) is 0 Å². The first-order chi connectivity index (χ1) is 13.2. The zero-order chi connectivity index (χ0) is 18.6. The molecule has 0 spiro atoms. The summed E-state index contributed by atoms with van der Waals surface area (Å²) < 4.78 is 2.10. The third-order valence-corrected chi connectivity index (χ3v) is 5.53. The largest absolute Gasteiger partial charge is 0.369 e. The Morgan fingerprint density at radius 2 is 2.00 bits per heavy atom. The topological polar surface area (TPSA) is 56.6 Å². The molecule has 1 N–H and O–H groups in total. The first-order valence-electron chi connectivity index (χ1n) is 9.44. The predicted molar refractivity (Wildman–Crippen MR) is 106 cm³/mol. The number of halogens is 1. The maximum Gasteiger partial charge on any atom is 0.317 e. The van der Waals surface area contributed by atoms with Crippen LogP contribution in [0.2, 0.25) is 5.02 Å². The molecule has 1 aromatic heterocycles. The Morgan fingerprint density at radius 1 is 1.15 bits per heavy atom. The lowest BCUT2D eigenvalue weighted by Crippen LogP contribution is -2.50. The van der Waals surface area contributed by atoms with Gasteiger partial charge in [-0.2, -0.15) is 0 Å². The summed E-state index contributed by atoms with van der Waals surface area (Å²) in [7, 11) is 0. The second-order valence-corrected chi connectivity index (χ2v) is 7.48. The van der Waals surface area contributed by atoms with E-state index in [1.165, 1.54) is 5.69 Å². The fourth-order valence-electron chi connectivity index (χ4n) is 3.69. The number of piperazine rings is 1. The highest BCUT2D eigenvalue weighted by Gasteiger charge is 2.21. The molecule has 8 heteroatoms. The second-order valence-electron chi connectivity index (χ2n) is 7.04. The lowest BCUT2D eigenvalue weighted by atomic mass is 10.2. The third-order valence-electron chi connectivity index (χ3n) is 5.30. The maximum atomic E-state index is 12.4. The fraction of sp³-hybridized carbons (Fsp3) is 0.474. The number of imidazole rings is 1. The van der Waals surface area contributed by atoms with Crippen molar-refractivity contribution in [2.75, 3.05) is 50.7 Å². The molecule has 2 aliphatic heterocycles. The predicted octanol–water partition coefficient (Wildman–Crippen LogP) is 1.88. The second kappa shape index (κ2) is 8.19. The van der Waals surface area contributed by atoms with Crippen molar-refractivity contribution in [1.29, 1.82) is 0 Å². The molecule has 0 atom stereocenters. The van der Waals surface area contributed by atoms with Crippen LogP contribution in [0.15, 0.2) is 36.8 Å². The van der Waals surface area contributed by atoms with Crippen molar-refractivity contribution in [1.82, 2.24) is 24.7 Å². The molecule has 0 saturated carbocycles. The molecule has 1 saturated heterocycles. The summed E-state index contributed by atoms with van der Waals surface area (Å²) in [6.45, 7) is 7.66. The van der Waals surface area contributed by atoms with Crippen LogP contribution < -0.4 is 10.2 Å². The molecule has 2 aromatic rings. The number of benzene rings is 1. The van der Waals surface area contributed by atoms with Crippen LogP contribution in [0.5, 0.6) is 0 Å². The summed E-state index contributed by atoms with van der Waals surface area (Å²) in [5.41, 5.74) is 2.27. The molecule has 2 aliphatic rings. The van der Waals surface area contributed by atoms with Crippen LogP contribution in [0, 0.1) is 0 Å². The number of nitrogens with zero attached hydrogens (tertiary/aromatic N) is 5. The van der Waals surface area contributed by atoms with E-state index < -0.39 is 0 Å². The number of anilines is 1. The Kier molecular flexibility index (Phi) is 5.50. The van der Waals surface area contributed by atoms with Gasteiger partial charge in [0, 0.05) is 69.3 Å². The van der Waals surface area contributed by atoms with E-state index in [-0.39, 0.29) is 6.03 Å². The summed E-state index contributed by atoms with van der Waals surface area (Å²) in [6.07, 6.45) is 3.66. The molecule has 2 amide bonds. The summed E-state index contributed by atoms with van der Waals surface area (Å²) >= 11 is 6.09. The van der Waals surface area contributed by atoms with Crippen LogP contribution in [-0.4, -0.2) is 71.2 Å². The average molecular weight is 389 g/mol. The van der Waals surface area contributed by atoms with Gasteiger partial charge in [0.2, 0.25) is 0 Å². The van der Waals surface area contributed by atoms with E-state index in [1.54, 1.807) is 0 Å². The normalized spacial score (nSPS) is 17.7. The number of urea groups is 1. The smallest absolute Gasteiger partial charge is 0.317 e. The molecule has 1 fully saturated rings. The molecular weight excluding hydrogens is 364 g/mol. The molecule has 4 rings (SSSR count). The maximum absolute atomic E-state index is 12.4. The van der Waals surface area contributed by atoms with Gasteiger partial charge in [-0.25, -0.2) is 9.78 Å². The Labute approximate surface area is 164 Å². The van der Waals surface area contributed by atoms with Crippen LogP contribution in [0.4, 0.5) is 10.5 Å². The SMILES string of the molecule is O=C(NCCN1CCN(c2cccc(Cl)c2)CC1)N1CCn2cncc2C1.